The van der Waals surface area contributed by atoms with Crippen LogP contribution >= 0.6 is 0 Å². The zero-order valence-electron chi connectivity index (χ0n) is 11.0. The average Bonchev–Trinajstić information content (AvgIpc) is 2.75. The molecule has 0 saturated carbocycles. The van der Waals surface area contributed by atoms with Gasteiger partial charge in [0.15, 0.2) is 0 Å². The van der Waals surface area contributed by atoms with Gasteiger partial charge in [-0.15, -0.1) is 0 Å². The molecule has 2 rings (SSSR count). The molecule has 1 saturated heterocycles. The van der Waals surface area contributed by atoms with Gasteiger partial charge in [-0.05, 0) is 37.8 Å². The molecule has 0 spiro atoms. The molecular weight excluding hydrogens is 212 g/mol. The average molecular weight is 236 g/mol. The molecule has 4 heteroatoms. The summed E-state index contributed by atoms with van der Waals surface area (Å²) in [5, 5.41) is 11.3. The van der Waals surface area contributed by atoms with E-state index in [4.69, 9.17) is 0 Å². The van der Waals surface area contributed by atoms with Gasteiger partial charge >= 0.3 is 0 Å². The second-order valence-electron chi connectivity index (χ2n) is 5.23. The summed E-state index contributed by atoms with van der Waals surface area (Å²) >= 11 is 0. The molecule has 1 fully saturated rings. The molecule has 0 atom stereocenters. The molecule has 96 valence electrons. The van der Waals surface area contributed by atoms with Crippen LogP contribution in [0.5, 0.6) is 0 Å². The maximum Gasteiger partial charge on any atom is 0.147 e. The van der Waals surface area contributed by atoms with Gasteiger partial charge in [-0.25, -0.2) is 0 Å². The second kappa shape index (κ2) is 5.54. The Bertz CT molecular complexity index is 333. The fraction of sp³-hybridized carbons (Fsp3) is 0.769. The van der Waals surface area contributed by atoms with Gasteiger partial charge in [0.2, 0.25) is 0 Å². The molecule has 0 aromatic carbocycles. The Morgan fingerprint density at radius 1 is 1.47 bits per heavy atom. The predicted octanol–water partition coefficient (Wildman–Crippen LogP) is 2.00. The van der Waals surface area contributed by atoms with Gasteiger partial charge in [-0.3, -0.25) is 4.68 Å². The van der Waals surface area contributed by atoms with Gasteiger partial charge in [0.25, 0.3) is 0 Å². The number of anilines is 1. The van der Waals surface area contributed by atoms with Crippen LogP contribution in [-0.4, -0.2) is 29.4 Å². The lowest BCUT2D eigenvalue weighted by atomic mass is 9.75. The molecule has 0 radical (unpaired) electrons. The Hall–Kier alpha value is -1.03. The van der Waals surface area contributed by atoms with Gasteiger partial charge in [0.1, 0.15) is 5.82 Å². The van der Waals surface area contributed by atoms with Gasteiger partial charge in [-0.2, -0.15) is 5.10 Å². The van der Waals surface area contributed by atoms with Crippen LogP contribution in [0.1, 0.15) is 32.6 Å². The number of rotatable bonds is 5. The van der Waals surface area contributed by atoms with Crippen LogP contribution in [0, 0.1) is 5.41 Å². The highest BCUT2D eigenvalue weighted by atomic mass is 15.3. The topological polar surface area (TPSA) is 41.9 Å². The van der Waals surface area contributed by atoms with E-state index in [0.717, 1.165) is 25.5 Å². The van der Waals surface area contributed by atoms with E-state index in [1.165, 1.54) is 25.7 Å². The summed E-state index contributed by atoms with van der Waals surface area (Å²) in [5.41, 5.74) is 0.470. The van der Waals surface area contributed by atoms with Crippen LogP contribution in [0.3, 0.4) is 0 Å². The third-order valence-electron chi connectivity index (χ3n) is 3.80. The van der Waals surface area contributed by atoms with Crippen molar-refractivity contribution in [1.29, 1.82) is 0 Å². The van der Waals surface area contributed by atoms with Crippen molar-refractivity contribution in [3.63, 3.8) is 0 Å². The van der Waals surface area contributed by atoms with E-state index in [0.29, 0.717) is 5.41 Å². The van der Waals surface area contributed by atoms with Gasteiger partial charge in [0, 0.05) is 25.9 Å². The summed E-state index contributed by atoms with van der Waals surface area (Å²) < 4.78 is 1.84. The summed E-state index contributed by atoms with van der Waals surface area (Å²) in [5.74, 6) is 1.00. The number of nitrogens with one attached hydrogen (secondary N) is 2. The highest BCUT2D eigenvalue weighted by Crippen LogP contribution is 2.34. The lowest BCUT2D eigenvalue weighted by Gasteiger charge is -2.37. The molecule has 17 heavy (non-hydrogen) atoms. The lowest BCUT2D eigenvalue weighted by molar-refractivity contribution is 0.199. The van der Waals surface area contributed by atoms with E-state index < -0.39 is 0 Å². The van der Waals surface area contributed by atoms with Crippen molar-refractivity contribution in [2.75, 3.05) is 25.0 Å². The Labute approximate surface area is 104 Å². The molecule has 2 N–H and O–H groups in total. The van der Waals surface area contributed by atoms with E-state index in [1.54, 1.807) is 0 Å². The molecule has 0 aliphatic carbocycles. The monoisotopic (exact) mass is 236 g/mol. The molecule has 0 amide bonds. The van der Waals surface area contributed by atoms with E-state index in [1.807, 2.05) is 24.0 Å². The fourth-order valence-corrected chi connectivity index (χ4v) is 2.79. The second-order valence-corrected chi connectivity index (χ2v) is 5.23. The van der Waals surface area contributed by atoms with Gasteiger partial charge in [-0.1, -0.05) is 13.3 Å². The first kappa shape index (κ1) is 12.4. The standard InChI is InChI=1S/C13H24N4/c1-3-5-13(6-8-14-9-7-13)11-15-12-4-10-17(2)16-12/h4,10,14H,3,5-9,11H2,1-2H3,(H,15,16). The summed E-state index contributed by atoms with van der Waals surface area (Å²) in [6.07, 6.45) is 7.12. The maximum absolute atomic E-state index is 4.38. The highest BCUT2D eigenvalue weighted by Gasteiger charge is 2.30. The van der Waals surface area contributed by atoms with Crippen molar-refractivity contribution in [1.82, 2.24) is 15.1 Å². The zero-order valence-corrected chi connectivity index (χ0v) is 11.0. The summed E-state index contributed by atoms with van der Waals surface area (Å²) in [6.45, 7) is 5.65. The Morgan fingerprint density at radius 2 is 2.24 bits per heavy atom. The summed E-state index contributed by atoms with van der Waals surface area (Å²) in [7, 11) is 1.96. The maximum atomic E-state index is 4.38. The molecule has 0 bridgehead atoms. The minimum absolute atomic E-state index is 0.470. The Balaban J connectivity index is 1.93. The quantitative estimate of drug-likeness (QED) is 0.821. The molecule has 1 aliphatic heterocycles. The minimum atomic E-state index is 0.470. The molecule has 2 heterocycles. The number of nitrogens with zero attached hydrogens (tertiary/aromatic N) is 2. The Morgan fingerprint density at radius 3 is 2.82 bits per heavy atom. The third kappa shape index (κ3) is 3.22. The van der Waals surface area contributed by atoms with Gasteiger partial charge in [0.05, 0.1) is 0 Å². The van der Waals surface area contributed by atoms with Crippen LogP contribution in [0.15, 0.2) is 12.3 Å². The molecule has 1 aliphatic rings. The van der Waals surface area contributed by atoms with E-state index in [2.05, 4.69) is 22.7 Å². The van der Waals surface area contributed by atoms with Crippen LogP contribution in [-0.2, 0) is 7.05 Å². The summed E-state index contributed by atoms with van der Waals surface area (Å²) in [6, 6.07) is 2.04. The zero-order chi connectivity index (χ0) is 12.1. The third-order valence-corrected chi connectivity index (χ3v) is 3.80. The van der Waals surface area contributed by atoms with Crippen LogP contribution in [0.25, 0.3) is 0 Å². The van der Waals surface area contributed by atoms with Crippen molar-refractivity contribution in [2.24, 2.45) is 12.5 Å². The van der Waals surface area contributed by atoms with E-state index in [-0.39, 0.29) is 0 Å². The minimum Gasteiger partial charge on any atom is -0.368 e. The highest BCUT2D eigenvalue weighted by molar-refractivity contribution is 5.32. The van der Waals surface area contributed by atoms with E-state index >= 15 is 0 Å². The van der Waals surface area contributed by atoms with Crippen LogP contribution in [0.4, 0.5) is 5.82 Å². The predicted molar refractivity (Wildman–Crippen MR) is 71.1 cm³/mol. The smallest absolute Gasteiger partial charge is 0.147 e. The molecule has 1 aromatic rings. The van der Waals surface area contributed by atoms with E-state index in [9.17, 15) is 0 Å². The number of hydrogen-bond acceptors (Lipinski definition) is 3. The summed E-state index contributed by atoms with van der Waals surface area (Å²) in [4.78, 5) is 0. The first-order valence-electron chi connectivity index (χ1n) is 6.68. The van der Waals surface area contributed by atoms with Crippen molar-refractivity contribution in [3.05, 3.63) is 12.3 Å². The first-order chi connectivity index (χ1) is 8.24. The normalized spacial score (nSPS) is 19.2. The van der Waals surface area contributed by atoms with Gasteiger partial charge < -0.3 is 10.6 Å². The SMILES string of the molecule is CCCC1(CNc2ccn(C)n2)CCNCC1. The Kier molecular flexibility index (Phi) is 4.05. The molecule has 1 aromatic heterocycles. The number of piperidine rings is 1. The van der Waals surface area contributed by atoms with Crippen molar-refractivity contribution < 1.29 is 0 Å². The van der Waals surface area contributed by atoms with Crippen molar-refractivity contribution in [3.8, 4) is 0 Å². The largest absolute Gasteiger partial charge is 0.368 e. The lowest BCUT2D eigenvalue weighted by Crippen LogP contribution is -2.41. The number of aryl methyl sites for hydroxylation is 1. The van der Waals surface area contributed by atoms with Crippen molar-refractivity contribution >= 4 is 5.82 Å². The fourth-order valence-electron chi connectivity index (χ4n) is 2.79. The van der Waals surface area contributed by atoms with Crippen LogP contribution in [0.2, 0.25) is 0 Å². The van der Waals surface area contributed by atoms with Crippen molar-refractivity contribution in [2.45, 2.75) is 32.6 Å². The molecule has 4 nitrogen and oxygen atoms in total. The molecular formula is C13H24N4. The van der Waals surface area contributed by atoms with Crippen LogP contribution < -0.4 is 10.6 Å². The molecule has 0 unspecified atom stereocenters. The number of aromatic nitrogens is 2. The number of hydrogen-bond donors (Lipinski definition) is 2. The first-order valence-corrected chi connectivity index (χ1v) is 6.68.